The molecular weight excluding hydrogens is 240 g/mol. The molecule has 0 unspecified atom stereocenters. The van der Waals surface area contributed by atoms with Crippen LogP contribution in [0.5, 0.6) is 0 Å². The summed E-state index contributed by atoms with van der Waals surface area (Å²) in [5.41, 5.74) is 0. The maximum Gasteiger partial charge on any atom is 0.236 e. The van der Waals surface area contributed by atoms with E-state index in [1.54, 1.807) is 0 Å². The van der Waals surface area contributed by atoms with E-state index in [-0.39, 0.29) is 12.0 Å². The summed E-state index contributed by atoms with van der Waals surface area (Å²) in [6, 6.07) is 0.626. The molecule has 1 saturated carbocycles. The lowest BCUT2D eigenvalue weighted by molar-refractivity contribution is -0.140. The summed E-state index contributed by atoms with van der Waals surface area (Å²) in [5.74, 6) is 0.280. The number of carbonyl (C=O) groups excluding carboxylic acids is 1. The van der Waals surface area contributed by atoms with Crippen LogP contribution in [0.1, 0.15) is 46.0 Å². The zero-order valence-electron chi connectivity index (χ0n) is 12.4. The monoisotopic (exact) mass is 268 g/mol. The average Bonchev–Trinajstić information content (AvgIpc) is 2.45. The zero-order chi connectivity index (χ0) is 13.7. The third-order valence-corrected chi connectivity index (χ3v) is 4.43. The van der Waals surface area contributed by atoms with Crippen LogP contribution in [0.4, 0.5) is 0 Å². The summed E-state index contributed by atoms with van der Waals surface area (Å²) in [7, 11) is 0. The predicted octanol–water partition coefficient (Wildman–Crippen LogP) is 1.89. The highest BCUT2D eigenvalue weighted by atomic mass is 16.5. The first kappa shape index (κ1) is 14.8. The first-order chi connectivity index (χ1) is 9.20. The van der Waals surface area contributed by atoms with Crippen LogP contribution in [0, 0.1) is 0 Å². The first-order valence-corrected chi connectivity index (χ1v) is 7.84. The Morgan fingerprint density at radius 3 is 2.68 bits per heavy atom. The summed E-state index contributed by atoms with van der Waals surface area (Å²) in [6.45, 7) is 7.97. The molecule has 0 radical (unpaired) electrons. The van der Waals surface area contributed by atoms with Gasteiger partial charge in [0.05, 0.1) is 19.3 Å². The van der Waals surface area contributed by atoms with Crippen LogP contribution in [-0.2, 0) is 9.53 Å². The molecular formula is C15H28N2O2. The fourth-order valence-corrected chi connectivity index (χ4v) is 3.26. The second-order valence-electron chi connectivity index (χ2n) is 5.88. The van der Waals surface area contributed by atoms with E-state index >= 15 is 0 Å². The molecule has 1 aliphatic carbocycles. The van der Waals surface area contributed by atoms with Crippen molar-refractivity contribution in [3.8, 4) is 0 Å². The quantitative estimate of drug-likeness (QED) is 0.780. The molecule has 1 saturated heterocycles. The molecule has 1 atom stereocenters. The molecule has 4 nitrogen and oxygen atoms in total. The molecule has 4 heteroatoms. The molecule has 0 aromatic heterocycles. The second-order valence-corrected chi connectivity index (χ2v) is 5.88. The van der Waals surface area contributed by atoms with Crippen LogP contribution in [-0.4, -0.2) is 60.6 Å². The van der Waals surface area contributed by atoms with Crippen molar-refractivity contribution in [1.82, 2.24) is 9.80 Å². The van der Waals surface area contributed by atoms with Gasteiger partial charge in [-0.15, -0.1) is 0 Å². The van der Waals surface area contributed by atoms with Crippen molar-refractivity contribution in [2.24, 2.45) is 0 Å². The van der Waals surface area contributed by atoms with E-state index in [9.17, 15) is 4.79 Å². The highest BCUT2D eigenvalue weighted by molar-refractivity contribution is 5.78. The number of nitrogens with zero attached hydrogens (tertiary/aromatic N) is 2. The molecule has 2 aliphatic rings. The molecule has 0 bridgehead atoms. The van der Waals surface area contributed by atoms with Crippen LogP contribution in [0.2, 0.25) is 0 Å². The van der Waals surface area contributed by atoms with Crippen molar-refractivity contribution in [2.45, 2.75) is 58.1 Å². The van der Waals surface area contributed by atoms with Crippen molar-refractivity contribution in [3.63, 3.8) is 0 Å². The van der Waals surface area contributed by atoms with Crippen LogP contribution in [0.3, 0.4) is 0 Å². The van der Waals surface area contributed by atoms with Crippen molar-refractivity contribution in [3.05, 3.63) is 0 Å². The Morgan fingerprint density at radius 1 is 1.32 bits per heavy atom. The number of rotatable bonds is 4. The van der Waals surface area contributed by atoms with E-state index in [0.717, 1.165) is 19.6 Å². The Bertz CT molecular complexity index is 290. The third-order valence-electron chi connectivity index (χ3n) is 4.43. The molecule has 0 spiro atoms. The molecule has 1 heterocycles. The van der Waals surface area contributed by atoms with Gasteiger partial charge in [0.2, 0.25) is 5.91 Å². The third kappa shape index (κ3) is 4.18. The molecule has 1 aliphatic heterocycles. The Hall–Kier alpha value is -0.610. The summed E-state index contributed by atoms with van der Waals surface area (Å²) in [4.78, 5) is 16.7. The summed E-state index contributed by atoms with van der Waals surface area (Å²) >= 11 is 0. The number of hydrogen-bond acceptors (Lipinski definition) is 3. The number of carbonyl (C=O) groups is 1. The van der Waals surface area contributed by atoms with E-state index in [0.29, 0.717) is 19.2 Å². The van der Waals surface area contributed by atoms with Gasteiger partial charge in [-0.25, -0.2) is 0 Å². The Labute approximate surface area is 117 Å². The van der Waals surface area contributed by atoms with Crippen LogP contribution < -0.4 is 0 Å². The predicted molar refractivity (Wildman–Crippen MR) is 76.1 cm³/mol. The van der Waals surface area contributed by atoms with Crippen LogP contribution in [0.25, 0.3) is 0 Å². The minimum atomic E-state index is 0.183. The lowest BCUT2D eigenvalue weighted by Gasteiger charge is -2.36. The van der Waals surface area contributed by atoms with Gasteiger partial charge in [-0.1, -0.05) is 26.2 Å². The summed E-state index contributed by atoms with van der Waals surface area (Å²) < 4.78 is 5.50. The summed E-state index contributed by atoms with van der Waals surface area (Å²) in [6.07, 6.45) is 6.72. The highest BCUT2D eigenvalue weighted by Crippen LogP contribution is 2.22. The smallest absolute Gasteiger partial charge is 0.236 e. The van der Waals surface area contributed by atoms with E-state index in [4.69, 9.17) is 4.74 Å². The van der Waals surface area contributed by atoms with Gasteiger partial charge in [0.1, 0.15) is 0 Å². The molecule has 0 aromatic carbocycles. The Kier molecular flexibility index (Phi) is 5.64. The van der Waals surface area contributed by atoms with Gasteiger partial charge in [0.25, 0.3) is 0 Å². The van der Waals surface area contributed by atoms with Crippen LogP contribution in [0.15, 0.2) is 0 Å². The van der Waals surface area contributed by atoms with E-state index in [1.165, 1.54) is 32.1 Å². The SMILES string of the molecule is CCN(CC(=O)N1CCO[C@H](C)C1)C1CCCCC1. The van der Waals surface area contributed by atoms with Crippen LogP contribution >= 0.6 is 0 Å². The average molecular weight is 268 g/mol. The molecule has 110 valence electrons. The maximum atomic E-state index is 12.4. The van der Waals surface area contributed by atoms with Crippen molar-refractivity contribution < 1.29 is 9.53 Å². The standard InChI is InChI=1S/C15H28N2O2/c1-3-16(14-7-5-4-6-8-14)12-15(18)17-9-10-19-13(2)11-17/h13-14H,3-12H2,1-2H3/t13-/m1/s1. The van der Waals surface area contributed by atoms with Crippen molar-refractivity contribution in [1.29, 1.82) is 0 Å². The number of ether oxygens (including phenoxy) is 1. The van der Waals surface area contributed by atoms with E-state index in [1.807, 2.05) is 11.8 Å². The van der Waals surface area contributed by atoms with Gasteiger partial charge < -0.3 is 9.64 Å². The molecule has 19 heavy (non-hydrogen) atoms. The molecule has 2 fully saturated rings. The summed E-state index contributed by atoms with van der Waals surface area (Å²) in [5, 5.41) is 0. The fraction of sp³-hybridized carbons (Fsp3) is 0.933. The second kappa shape index (κ2) is 7.25. The fourth-order valence-electron chi connectivity index (χ4n) is 3.26. The number of hydrogen-bond donors (Lipinski definition) is 0. The Morgan fingerprint density at radius 2 is 2.05 bits per heavy atom. The minimum Gasteiger partial charge on any atom is -0.375 e. The van der Waals surface area contributed by atoms with E-state index in [2.05, 4.69) is 11.8 Å². The van der Waals surface area contributed by atoms with Crippen molar-refractivity contribution >= 4 is 5.91 Å². The highest BCUT2D eigenvalue weighted by Gasteiger charge is 2.26. The lowest BCUT2D eigenvalue weighted by atomic mass is 9.94. The van der Waals surface area contributed by atoms with Gasteiger partial charge >= 0.3 is 0 Å². The topological polar surface area (TPSA) is 32.8 Å². The van der Waals surface area contributed by atoms with Crippen molar-refractivity contribution in [2.75, 3.05) is 32.8 Å². The van der Waals surface area contributed by atoms with Gasteiger partial charge in [0.15, 0.2) is 0 Å². The van der Waals surface area contributed by atoms with Gasteiger partial charge in [-0.05, 0) is 26.3 Å². The van der Waals surface area contributed by atoms with E-state index < -0.39 is 0 Å². The molecule has 0 aromatic rings. The molecule has 0 N–H and O–H groups in total. The number of likely N-dealkylation sites (N-methyl/N-ethyl adjacent to an activating group) is 1. The lowest BCUT2D eigenvalue weighted by Crippen LogP contribution is -2.50. The molecule has 1 amide bonds. The minimum absolute atomic E-state index is 0.183. The largest absolute Gasteiger partial charge is 0.375 e. The zero-order valence-corrected chi connectivity index (χ0v) is 12.4. The van der Waals surface area contributed by atoms with Gasteiger partial charge in [-0.3, -0.25) is 9.69 Å². The molecule has 2 rings (SSSR count). The van der Waals surface area contributed by atoms with Gasteiger partial charge in [-0.2, -0.15) is 0 Å². The number of morpholine rings is 1. The Balaban J connectivity index is 1.84. The number of amides is 1. The normalized spacial score (nSPS) is 25.8. The maximum absolute atomic E-state index is 12.4. The van der Waals surface area contributed by atoms with Gasteiger partial charge in [0, 0.05) is 19.1 Å². The first-order valence-electron chi connectivity index (χ1n) is 7.84.